The van der Waals surface area contributed by atoms with E-state index in [0.717, 1.165) is 12.1 Å². The van der Waals surface area contributed by atoms with E-state index in [9.17, 15) is 19.1 Å². The Kier molecular flexibility index (Phi) is 4.65. The summed E-state index contributed by atoms with van der Waals surface area (Å²) in [6.45, 7) is 6.90. The smallest absolute Gasteiger partial charge is 0.305 e. The summed E-state index contributed by atoms with van der Waals surface area (Å²) < 4.78 is 28.5. The van der Waals surface area contributed by atoms with Crippen molar-refractivity contribution < 1.29 is 13.9 Å². The van der Waals surface area contributed by atoms with Crippen molar-refractivity contribution in [3.05, 3.63) is 39.7 Å². The monoisotopic (exact) mass is 286 g/mol. The first kappa shape index (κ1) is 15.6. The molecule has 0 radical (unpaired) electrons. The molecule has 104 valence electrons. The van der Waals surface area contributed by atoms with Crippen LogP contribution < -0.4 is 0 Å². The molecule has 7 heteroatoms. The van der Waals surface area contributed by atoms with E-state index in [4.69, 9.17) is 0 Å². The number of nitro groups is 1. The first-order chi connectivity index (χ1) is 8.62. The summed E-state index contributed by atoms with van der Waals surface area (Å²) in [6, 6.07) is 3.47. The van der Waals surface area contributed by atoms with Gasteiger partial charge in [0.2, 0.25) is 5.82 Å². The predicted octanol–water partition coefficient (Wildman–Crippen LogP) is 3.01. The summed E-state index contributed by atoms with van der Waals surface area (Å²) in [5.41, 5.74) is 0.135. The van der Waals surface area contributed by atoms with Crippen LogP contribution >= 0.6 is 0 Å². The first-order valence-electron chi connectivity index (χ1n) is 5.54. The van der Waals surface area contributed by atoms with Crippen molar-refractivity contribution in [3.63, 3.8) is 0 Å². The Morgan fingerprint density at radius 1 is 1.42 bits per heavy atom. The number of nitro benzene ring substituents is 1. The third-order valence-electron chi connectivity index (χ3n) is 2.30. The SMILES string of the molecule is C/C(=N\[S@+]([O-])C(C)(C)C)c1ccc(F)c([N+](=O)[O-])c1. The summed E-state index contributed by atoms with van der Waals surface area (Å²) in [5, 5.41) is 10.6. The van der Waals surface area contributed by atoms with Crippen LogP contribution in [-0.2, 0) is 11.4 Å². The zero-order chi connectivity index (χ0) is 14.8. The fourth-order valence-electron chi connectivity index (χ4n) is 1.19. The number of halogens is 1. The second-order valence-electron chi connectivity index (χ2n) is 4.96. The van der Waals surface area contributed by atoms with Gasteiger partial charge < -0.3 is 4.55 Å². The molecular weight excluding hydrogens is 271 g/mol. The molecule has 0 heterocycles. The average molecular weight is 286 g/mol. The van der Waals surface area contributed by atoms with Crippen LogP contribution in [0.15, 0.2) is 22.6 Å². The summed E-state index contributed by atoms with van der Waals surface area (Å²) in [4.78, 5) is 9.84. The summed E-state index contributed by atoms with van der Waals surface area (Å²) in [7, 11) is 0. The van der Waals surface area contributed by atoms with Gasteiger partial charge in [0.25, 0.3) is 0 Å². The van der Waals surface area contributed by atoms with E-state index < -0.39 is 32.5 Å². The van der Waals surface area contributed by atoms with Gasteiger partial charge in [-0.25, -0.2) is 0 Å². The van der Waals surface area contributed by atoms with E-state index in [1.54, 1.807) is 27.7 Å². The van der Waals surface area contributed by atoms with Crippen molar-refractivity contribution in [1.82, 2.24) is 0 Å². The highest BCUT2D eigenvalue weighted by Crippen LogP contribution is 2.21. The Hall–Kier alpha value is -1.47. The molecule has 0 saturated heterocycles. The van der Waals surface area contributed by atoms with Crippen molar-refractivity contribution in [2.45, 2.75) is 32.4 Å². The molecule has 0 aliphatic heterocycles. The fraction of sp³-hybridized carbons (Fsp3) is 0.417. The lowest BCUT2D eigenvalue weighted by Gasteiger charge is -2.18. The molecule has 0 N–H and O–H groups in total. The van der Waals surface area contributed by atoms with Crippen molar-refractivity contribution in [1.29, 1.82) is 0 Å². The van der Waals surface area contributed by atoms with Gasteiger partial charge in [-0.3, -0.25) is 10.1 Å². The maximum Gasteiger partial charge on any atom is 0.305 e. The molecule has 0 amide bonds. The van der Waals surface area contributed by atoms with Gasteiger partial charge in [0.05, 0.1) is 10.6 Å². The summed E-state index contributed by atoms with van der Waals surface area (Å²) in [6.07, 6.45) is 0. The Balaban J connectivity index is 3.14. The van der Waals surface area contributed by atoms with Gasteiger partial charge in [-0.2, -0.15) is 4.39 Å². The molecule has 1 aromatic rings. The van der Waals surface area contributed by atoms with Crippen LogP contribution in [0, 0.1) is 15.9 Å². The van der Waals surface area contributed by atoms with Gasteiger partial charge in [-0.15, -0.1) is 0 Å². The minimum absolute atomic E-state index is 0.372. The molecule has 1 rings (SSSR count). The van der Waals surface area contributed by atoms with Gasteiger partial charge in [-0.1, -0.05) is 4.40 Å². The lowest BCUT2D eigenvalue weighted by Crippen LogP contribution is -2.26. The third kappa shape index (κ3) is 4.00. The third-order valence-corrected chi connectivity index (χ3v) is 3.79. The molecular formula is C12H15FN2O3S. The van der Waals surface area contributed by atoms with Gasteiger partial charge in [-0.05, 0) is 39.8 Å². The molecule has 1 aromatic carbocycles. The highest BCUT2D eigenvalue weighted by atomic mass is 32.2. The van der Waals surface area contributed by atoms with Crippen LogP contribution in [-0.4, -0.2) is 19.9 Å². The van der Waals surface area contributed by atoms with Gasteiger partial charge in [0.15, 0.2) is 0 Å². The lowest BCUT2D eigenvalue weighted by atomic mass is 10.1. The Labute approximate surface area is 114 Å². The molecule has 0 aliphatic rings. The number of rotatable bonds is 3. The van der Waals surface area contributed by atoms with Crippen LogP contribution in [0.2, 0.25) is 0 Å². The minimum atomic E-state index is -1.47. The van der Waals surface area contributed by atoms with Crippen molar-refractivity contribution >= 4 is 22.8 Å². The standard InChI is InChI=1S/C12H15FN2O3S/c1-8(14-19(18)12(2,3)4)9-5-6-10(13)11(7-9)15(16)17/h5-7H,1-4H3/b14-8+/t19-/m1/s1. The molecule has 5 nitrogen and oxygen atoms in total. The molecule has 0 unspecified atom stereocenters. The van der Waals surface area contributed by atoms with Crippen LogP contribution in [0.5, 0.6) is 0 Å². The molecule has 0 spiro atoms. The quantitative estimate of drug-likeness (QED) is 0.371. The zero-order valence-corrected chi connectivity index (χ0v) is 12.0. The van der Waals surface area contributed by atoms with E-state index in [1.807, 2.05) is 0 Å². The van der Waals surface area contributed by atoms with E-state index >= 15 is 0 Å². The maximum atomic E-state index is 13.2. The predicted molar refractivity (Wildman–Crippen MR) is 73.2 cm³/mol. The van der Waals surface area contributed by atoms with E-state index in [2.05, 4.69) is 4.40 Å². The maximum absolute atomic E-state index is 13.2. The Morgan fingerprint density at radius 3 is 2.47 bits per heavy atom. The molecule has 0 bridgehead atoms. The Bertz CT molecular complexity index is 526. The minimum Gasteiger partial charge on any atom is -0.591 e. The summed E-state index contributed by atoms with van der Waals surface area (Å²) >= 11 is -1.47. The normalized spacial score (nSPS) is 14.3. The zero-order valence-electron chi connectivity index (χ0n) is 11.1. The highest BCUT2D eigenvalue weighted by molar-refractivity contribution is 7.91. The van der Waals surface area contributed by atoms with E-state index in [1.165, 1.54) is 6.07 Å². The van der Waals surface area contributed by atoms with Crippen LogP contribution in [0.3, 0.4) is 0 Å². The van der Waals surface area contributed by atoms with Crippen LogP contribution in [0.4, 0.5) is 10.1 Å². The highest BCUT2D eigenvalue weighted by Gasteiger charge is 2.27. The topological polar surface area (TPSA) is 78.6 Å². The largest absolute Gasteiger partial charge is 0.591 e. The van der Waals surface area contributed by atoms with E-state index in [0.29, 0.717) is 11.3 Å². The molecule has 0 aliphatic carbocycles. The van der Waals surface area contributed by atoms with Gasteiger partial charge >= 0.3 is 5.69 Å². The van der Waals surface area contributed by atoms with Crippen molar-refractivity contribution in [2.24, 2.45) is 4.40 Å². The average Bonchev–Trinajstić information content (AvgIpc) is 2.27. The molecule has 19 heavy (non-hydrogen) atoms. The molecule has 1 atom stereocenters. The second kappa shape index (κ2) is 5.66. The Morgan fingerprint density at radius 2 is 2.00 bits per heavy atom. The number of hydrogen-bond acceptors (Lipinski definition) is 4. The number of hydrogen-bond donors (Lipinski definition) is 0. The number of benzene rings is 1. The fourth-order valence-corrected chi connectivity index (χ4v) is 1.82. The molecule has 0 fully saturated rings. The van der Waals surface area contributed by atoms with E-state index in [-0.39, 0.29) is 0 Å². The second-order valence-corrected chi connectivity index (χ2v) is 6.87. The van der Waals surface area contributed by atoms with Crippen molar-refractivity contribution in [3.8, 4) is 0 Å². The van der Waals surface area contributed by atoms with Crippen LogP contribution in [0.25, 0.3) is 0 Å². The summed E-state index contributed by atoms with van der Waals surface area (Å²) in [5.74, 6) is -0.904. The lowest BCUT2D eigenvalue weighted by molar-refractivity contribution is -0.387. The molecule has 0 aromatic heterocycles. The first-order valence-corrected chi connectivity index (χ1v) is 6.65. The number of nitrogens with zero attached hydrogens (tertiary/aromatic N) is 2. The van der Waals surface area contributed by atoms with Gasteiger partial charge in [0, 0.05) is 11.6 Å². The molecule has 0 saturated carbocycles. The van der Waals surface area contributed by atoms with Crippen molar-refractivity contribution in [2.75, 3.05) is 0 Å². The van der Waals surface area contributed by atoms with Crippen LogP contribution in [0.1, 0.15) is 33.3 Å². The van der Waals surface area contributed by atoms with Gasteiger partial charge in [0.1, 0.15) is 16.1 Å².